The van der Waals surface area contributed by atoms with Crippen molar-refractivity contribution >= 4 is 17.3 Å². The molecule has 2 N–H and O–H groups in total. The quantitative estimate of drug-likeness (QED) is 0.610. The Hall–Kier alpha value is -1.95. The zero-order chi connectivity index (χ0) is 14.4. The molecule has 0 radical (unpaired) electrons. The molecule has 0 fully saturated rings. The number of nitro groups is 1. The minimum Gasteiger partial charge on any atom is -0.326 e. The molecule has 0 aromatic heterocycles. The summed E-state index contributed by atoms with van der Waals surface area (Å²) in [6.45, 7) is 6.25. The molecule has 1 amide bonds. The summed E-state index contributed by atoms with van der Waals surface area (Å²) in [5.41, 5.74) is 1.04. The van der Waals surface area contributed by atoms with E-state index in [1.54, 1.807) is 19.1 Å². The van der Waals surface area contributed by atoms with Gasteiger partial charge >= 0.3 is 0 Å². The van der Waals surface area contributed by atoms with Crippen molar-refractivity contribution in [3.8, 4) is 0 Å². The van der Waals surface area contributed by atoms with Crippen molar-refractivity contribution < 1.29 is 9.72 Å². The number of rotatable bonds is 6. The number of hydrogen-bond acceptors (Lipinski definition) is 4. The Balaban J connectivity index is 2.60. The average molecular weight is 265 g/mol. The lowest BCUT2D eigenvalue weighted by Gasteiger charge is -2.09. The van der Waals surface area contributed by atoms with Crippen molar-refractivity contribution in [2.24, 2.45) is 0 Å². The lowest BCUT2D eigenvalue weighted by Crippen LogP contribution is -2.27. The van der Waals surface area contributed by atoms with Gasteiger partial charge in [-0.1, -0.05) is 19.9 Å². The van der Waals surface area contributed by atoms with Crippen LogP contribution in [0.2, 0.25) is 0 Å². The first-order valence-electron chi connectivity index (χ1n) is 6.18. The van der Waals surface area contributed by atoms with Gasteiger partial charge in [-0.15, -0.1) is 0 Å². The second-order valence-electron chi connectivity index (χ2n) is 4.67. The lowest BCUT2D eigenvalue weighted by molar-refractivity contribution is -0.385. The number of carbonyl (C=O) groups is 1. The van der Waals surface area contributed by atoms with E-state index in [2.05, 4.69) is 10.6 Å². The number of amides is 1. The molecular formula is C13H19N3O3. The molecule has 6 heteroatoms. The highest BCUT2D eigenvalue weighted by Crippen LogP contribution is 2.22. The summed E-state index contributed by atoms with van der Waals surface area (Å²) in [5.74, 6) is -0.161. The van der Waals surface area contributed by atoms with Crippen molar-refractivity contribution in [3.63, 3.8) is 0 Å². The molecular weight excluding hydrogens is 246 g/mol. The Bertz CT molecular complexity index is 472. The van der Waals surface area contributed by atoms with Crippen LogP contribution in [0.3, 0.4) is 0 Å². The molecule has 0 aliphatic heterocycles. The molecule has 0 atom stereocenters. The van der Waals surface area contributed by atoms with Crippen LogP contribution < -0.4 is 10.6 Å². The van der Waals surface area contributed by atoms with E-state index in [0.717, 1.165) is 0 Å². The fourth-order valence-corrected chi connectivity index (χ4v) is 1.58. The maximum atomic E-state index is 11.6. The fraction of sp³-hybridized carbons (Fsp3) is 0.462. The van der Waals surface area contributed by atoms with Crippen LogP contribution in [0.1, 0.15) is 25.8 Å². The molecule has 1 aromatic carbocycles. The molecule has 0 unspecified atom stereocenters. The number of aryl methyl sites for hydroxylation is 1. The Labute approximate surface area is 112 Å². The first kappa shape index (κ1) is 15.1. The second kappa shape index (κ2) is 6.84. The Morgan fingerprint density at radius 1 is 1.42 bits per heavy atom. The number of nitro benzene ring substituents is 1. The second-order valence-corrected chi connectivity index (χ2v) is 4.67. The van der Waals surface area contributed by atoms with Gasteiger partial charge in [0.2, 0.25) is 5.91 Å². The summed E-state index contributed by atoms with van der Waals surface area (Å²) in [7, 11) is 0. The van der Waals surface area contributed by atoms with Crippen LogP contribution in [-0.4, -0.2) is 23.4 Å². The topological polar surface area (TPSA) is 84.3 Å². The minimum absolute atomic E-state index is 0.0121. The predicted octanol–water partition coefficient (Wildman–Crippen LogP) is 2.23. The highest BCUT2D eigenvalue weighted by Gasteiger charge is 2.12. The maximum Gasteiger partial charge on any atom is 0.274 e. The highest BCUT2D eigenvalue weighted by molar-refractivity contribution is 5.91. The molecule has 0 spiro atoms. The van der Waals surface area contributed by atoms with E-state index in [1.807, 2.05) is 13.8 Å². The Kier molecular flexibility index (Phi) is 5.44. The summed E-state index contributed by atoms with van der Waals surface area (Å²) in [4.78, 5) is 22.0. The maximum absolute atomic E-state index is 11.6. The summed E-state index contributed by atoms with van der Waals surface area (Å²) < 4.78 is 0. The van der Waals surface area contributed by atoms with Gasteiger partial charge in [-0.25, -0.2) is 0 Å². The summed E-state index contributed by atoms with van der Waals surface area (Å²) in [5, 5.41) is 16.6. The predicted molar refractivity (Wildman–Crippen MR) is 74.2 cm³/mol. The van der Waals surface area contributed by atoms with Gasteiger partial charge < -0.3 is 10.6 Å². The average Bonchev–Trinajstić information content (AvgIpc) is 2.30. The van der Waals surface area contributed by atoms with Gasteiger partial charge in [-0.3, -0.25) is 14.9 Å². The van der Waals surface area contributed by atoms with Crippen LogP contribution in [0.4, 0.5) is 11.4 Å². The van der Waals surface area contributed by atoms with E-state index in [0.29, 0.717) is 30.3 Å². The third-order valence-corrected chi connectivity index (χ3v) is 2.59. The third-order valence-electron chi connectivity index (χ3n) is 2.59. The number of benzene rings is 1. The standard InChI is InChI=1S/C13H19N3O3/c1-9(2)14-7-6-13(17)15-11-5-4-10(3)12(8-11)16(18)19/h4-5,8-9,14H,6-7H2,1-3H3,(H,15,17). The smallest absolute Gasteiger partial charge is 0.274 e. The monoisotopic (exact) mass is 265 g/mol. The number of hydrogen-bond donors (Lipinski definition) is 2. The van der Waals surface area contributed by atoms with E-state index in [-0.39, 0.29) is 11.6 Å². The molecule has 1 rings (SSSR count). The van der Waals surface area contributed by atoms with Crippen LogP contribution >= 0.6 is 0 Å². The van der Waals surface area contributed by atoms with Crippen LogP contribution in [0, 0.1) is 17.0 Å². The van der Waals surface area contributed by atoms with Gasteiger partial charge in [0.25, 0.3) is 5.69 Å². The largest absolute Gasteiger partial charge is 0.326 e. The van der Waals surface area contributed by atoms with Crippen molar-refractivity contribution in [1.29, 1.82) is 0 Å². The summed E-state index contributed by atoms with van der Waals surface area (Å²) in [6, 6.07) is 4.99. The number of carbonyl (C=O) groups excluding carboxylic acids is 1. The van der Waals surface area contributed by atoms with Crippen LogP contribution in [-0.2, 0) is 4.79 Å². The van der Waals surface area contributed by atoms with E-state index in [4.69, 9.17) is 0 Å². The number of nitrogens with one attached hydrogen (secondary N) is 2. The van der Waals surface area contributed by atoms with E-state index in [9.17, 15) is 14.9 Å². The Morgan fingerprint density at radius 3 is 2.68 bits per heavy atom. The summed E-state index contributed by atoms with van der Waals surface area (Å²) in [6.07, 6.45) is 0.333. The van der Waals surface area contributed by atoms with Crippen LogP contribution in [0.25, 0.3) is 0 Å². The molecule has 1 aromatic rings. The normalized spacial score (nSPS) is 10.5. The van der Waals surface area contributed by atoms with Crippen LogP contribution in [0.5, 0.6) is 0 Å². The van der Waals surface area contributed by atoms with E-state index < -0.39 is 4.92 Å². The zero-order valence-electron chi connectivity index (χ0n) is 11.4. The zero-order valence-corrected chi connectivity index (χ0v) is 11.4. The molecule has 0 aliphatic carbocycles. The molecule has 19 heavy (non-hydrogen) atoms. The third kappa shape index (κ3) is 5.05. The molecule has 6 nitrogen and oxygen atoms in total. The first-order chi connectivity index (χ1) is 8.90. The van der Waals surface area contributed by atoms with Gasteiger partial charge in [0.1, 0.15) is 0 Å². The number of nitrogens with zero attached hydrogens (tertiary/aromatic N) is 1. The molecule has 0 bridgehead atoms. The van der Waals surface area contributed by atoms with Gasteiger partial charge in [-0.05, 0) is 13.0 Å². The molecule has 0 aliphatic rings. The fourth-order valence-electron chi connectivity index (χ4n) is 1.58. The van der Waals surface area contributed by atoms with E-state index >= 15 is 0 Å². The number of anilines is 1. The van der Waals surface area contributed by atoms with Gasteiger partial charge in [0.05, 0.1) is 4.92 Å². The van der Waals surface area contributed by atoms with E-state index in [1.165, 1.54) is 6.07 Å². The minimum atomic E-state index is -0.453. The van der Waals surface area contributed by atoms with Crippen molar-refractivity contribution in [3.05, 3.63) is 33.9 Å². The van der Waals surface area contributed by atoms with Gasteiger partial charge in [-0.2, -0.15) is 0 Å². The molecule has 0 saturated heterocycles. The molecule has 104 valence electrons. The van der Waals surface area contributed by atoms with Crippen molar-refractivity contribution in [1.82, 2.24) is 5.32 Å². The highest BCUT2D eigenvalue weighted by atomic mass is 16.6. The molecule has 0 saturated carbocycles. The van der Waals surface area contributed by atoms with Crippen molar-refractivity contribution in [2.75, 3.05) is 11.9 Å². The van der Waals surface area contributed by atoms with Gasteiger partial charge in [0, 0.05) is 36.3 Å². The lowest BCUT2D eigenvalue weighted by atomic mass is 10.2. The SMILES string of the molecule is Cc1ccc(NC(=O)CCNC(C)C)cc1[N+](=O)[O-]. The molecule has 0 heterocycles. The first-order valence-corrected chi connectivity index (χ1v) is 6.18. The summed E-state index contributed by atoms with van der Waals surface area (Å²) >= 11 is 0. The van der Waals surface area contributed by atoms with Crippen LogP contribution in [0.15, 0.2) is 18.2 Å². The van der Waals surface area contributed by atoms with Crippen molar-refractivity contribution in [2.45, 2.75) is 33.2 Å². The Morgan fingerprint density at radius 2 is 2.11 bits per heavy atom. The van der Waals surface area contributed by atoms with Gasteiger partial charge in [0.15, 0.2) is 0 Å².